The molecule has 0 aliphatic rings. The molecule has 2 amide bonds. The Morgan fingerprint density at radius 3 is 2.15 bits per heavy atom. The van der Waals surface area contributed by atoms with Crippen molar-refractivity contribution >= 4 is 23.4 Å². The van der Waals surface area contributed by atoms with E-state index >= 15 is 0 Å². The fraction of sp³-hybridized carbons (Fsp3) is 0.259. The lowest BCUT2D eigenvalue weighted by atomic mass is 10.0. The molecule has 33 heavy (non-hydrogen) atoms. The van der Waals surface area contributed by atoms with Gasteiger partial charge in [-0.15, -0.1) is 0 Å². The third-order valence-electron chi connectivity index (χ3n) is 5.11. The van der Waals surface area contributed by atoms with Crippen LogP contribution in [0, 0.1) is 0 Å². The first-order valence-corrected chi connectivity index (χ1v) is 11.4. The quantitative estimate of drug-likeness (QED) is 0.465. The van der Waals surface area contributed by atoms with Crippen molar-refractivity contribution < 1.29 is 14.3 Å². The van der Waals surface area contributed by atoms with E-state index in [4.69, 9.17) is 16.3 Å². The summed E-state index contributed by atoms with van der Waals surface area (Å²) in [4.78, 5) is 28.3. The van der Waals surface area contributed by atoms with Crippen LogP contribution < -0.4 is 10.1 Å². The highest BCUT2D eigenvalue weighted by Crippen LogP contribution is 2.21. The number of nitrogens with zero attached hydrogens (tertiary/aromatic N) is 1. The summed E-state index contributed by atoms with van der Waals surface area (Å²) < 4.78 is 5.72. The zero-order valence-corrected chi connectivity index (χ0v) is 19.7. The minimum atomic E-state index is -0.724. The van der Waals surface area contributed by atoms with Crippen LogP contribution in [0.1, 0.15) is 25.0 Å². The average Bonchev–Trinajstić information content (AvgIpc) is 2.81. The summed E-state index contributed by atoms with van der Waals surface area (Å²) in [5.74, 6) is 0.0855. The fourth-order valence-corrected chi connectivity index (χ4v) is 3.69. The second kappa shape index (κ2) is 12.1. The molecule has 0 saturated heterocycles. The van der Waals surface area contributed by atoms with Crippen molar-refractivity contribution in [1.82, 2.24) is 10.2 Å². The highest BCUT2D eigenvalue weighted by Gasteiger charge is 2.31. The van der Waals surface area contributed by atoms with E-state index in [1.54, 1.807) is 23.1 Å². The lowest BCUT2D eigenvalue weighted by Crippen LogP contribution is -2.52. The Balaban J connectivity index is 1.91. The van der Waals surface area contributed by atoms with Gasteiger partial charge in [-0.2, -0.15) is 0 Å². The number of benzene rings is 3. The number of hydrogen-bond acceptors (Lipinski definition) is 3. The summed E-state index contributed by atoms with van der Waals surface area (Å²) in [5.41, 5.74) is 1.73. The molecular weight excluding hydrogens is 436 g/mol. The largest absolute Gasteiger partial charge is 0.484 e. The maximum absolute atomic E-state index is 13.4. The van der Waals surface area contributed by atoms with Gasteiger partial charge in [0.15, 0.2) is 6.61 Å². The van der Waals surface area contributed by atoms with Gasteiger partial charge in [0.1, 0.15) is 11.8 Å². The first kappa shape index (κ1) is 24.3. The molecular formula is C27H29ClN2O3. The molecule has 0 aliphatic carbocycles. The van der Waals surface area contributed by atoms with Crippen LogP contribution in [0.4, 0.5) is 0 Å². The monoisotopic (exact) mass is 464 g/mol. The minimum absolute atomic E-state index is 0.0615. The van der Waals surface area contributed by atoms with E-state index in [0.717, 1.165) is 11.1 Å². The molecule has 0 aromatic heterocycles. The van der Waals surface area contributed by atoms with Crippen LogP contribution in [0.3, 0.4) is 0 Å². The number of ether oxygens (including phenoxy) is 1. The summed E-state index contributed by atoms with van der Waals surface area (Å²) in [6.45, 7) is 3.81. The van der Waals surface area contributed by atoms with Crippen molar-refractivity contribution in [2.24, 2.45) is 0 Å². The van der Waals surface area contributed by atoms with Gasteiger partial charge in [0.05, 0.1) is 0 Å². The van der Waals surface area contributed by atoms with Crippen molar-refractivity contribution in [3.63, 3.8) is 0 Å². The van der Waals surface area contributed by atoms with Gasteiger partial charge in [-0.25, -0.2) is 0 Å². The van der Waals surface area contributed by atoms with Gasteiger partial charge in [0.25, 0.3) is 5.91 Å². The Kier molecular flexibility index (Phi) is 8.90. The zero-order valence-electron chi connectivity index (χ0n) is 18.9. The molecule has 0 radical (unpaired) electrons. The first-order chi connectivity index (χ1) is 15.9. The van der Waals surface area contributed by atoms with Gasteiger partial charge in [-0.05, 0) is 43.2 Å². The third-order valence-corrected chi connectivity index (χ3v) is 5.47. The second-order valence-electron chi connectivity index (χ2n) is 8.08. The Labute approximate surface area is 200 Å². The van der Waals surface area contributed by atoms with E-state index in [2.05, 4.69) is 5.32 Å². The van der Waals surface area contributed by atoms with E-state index in [9.17, 15) is 9.59 Å². The SMILES string of the molecule is CC(C)NC(=O)[C@H](Cc1ccccc1)N(Cc1ccccc1Cl)C(=O)COc1ccccc1. The summed E-state index contributed by atoms with van der Waals surface area (Å²) in [6, 6.07) is 25.4. The molecule has 172 valence electrons. The number of nitrogens with one attached hydrogen (secondary N) is 1. The topological polar surface area (TPSA) is 58.6 Å². The lowest BCUT2D eigenvalue weighted by molar-refractivity contribution is -0.143. The van der Waals surface area contributed by atoms with Gasteiger partial charge in [0, 0.05) is 24.0 Å². The van der Waals surface area contributed by atoms with Crippen LogP contribution in [-0.4, -0.2) is 35.4 Å². The van der Waals surface area contributed by atoms with Crippen molar-refractivity contribution in [2.75, 3.05) is 6.61 Å². The van der Waals surface area contributed by atoms with Gasteiger partial charge < -0.3 is 15.0 Å². The van der Waals surface area contributed by atoms with Gasteiger partial charge in [0.2, 0.25) is 5.91 Å². The molecule has 0 saturated carbocycles. The summed E-state index contributed by atoms with van der Waals surface area (Å²) in [7, 11) is 0. The van der Waals surface area contributed by atoms with Crippen LogP contribution in [0.5, 0.6) is 5.75 Å². The standard InChI is InChI=1S/C27H29ClN2O3/c1-20(2)29-27(32)25(17-21-11-5-3-6-12-21)30(18-22-13-9-10-16-24(22)28)26(31)19-33-23-14-7-4-8-15-23/h3-16,20,25H,17-19H2,1-2H3,(H,29,32)/t25-/m0/s1. The lowest BCUT2D eigenvalue weighted by Gasteiger charge is -2.32. The average molecular weight is 465 g/mol. The van der Waals surface area contributed by atoms with Crippen LogP contribution in [-0.2, 0) is 22.6 Å². The van der Waals surface area contributed by atoms with Gasteiger partial charge >= 0.3 is 0 Å². The van der Waals surface area contributed by atoms with E-state index in [1.165, 1.54) is 0 Å². The van der Waals surface area contributed by atoms with Crippen molar-refractivity contribution in [2.45, 2.75) is 38.9 Å². The molecule has 6 heteroatoms. The summed E-state index contributed by atoms with van der Waals surface area (Å²) in [6.07, 6.45) is 0.376. The molecule has 3 aromatic rings. The van der Waals surface area contributed by atoms with Crippen LogP contribution >= 0.6 is 11.6 Å². The number of para-hydroxylation sites is 1. The third kappa shape index (κ3) is 7.36. The van der Waals surface area contributed by atoms with E-state index in [0.29, 0.717) is 17.2 Å². The van der Waals surface area contributed by atoms with Crippen molar-refractivity contribution in [3.8, 4) is 5.75 Å². The minimum Gasteiger partial charge on any atom is -0.484 e. The molecule has 0 fully saturated rings. The Bertz CT molecular complexity index is 1040. The Morgan fingerprint density at radius 1 is 0.909 bits per heavy atom. The highest BCUT2D eigenvalue weighted by atomic mass is 35.5. The van der Waals surface area contributed by atoms with Crippen LogP contribution in [0.2, 0.25) is 5.02 Å². The molecule has 0 bridgehead atoms. The number of rotatable bonds is 10. The fourth-order valence-electron chi connectivity index (χ4n) is 3.49. The predicted molar refractivity (Wildman–Crippen MR) is 131 cm³/mol. The predicted octanol–water partition coefficient (Wildman–Crippen LogP) is 4.88. The molecule has 0 spiro atoms. The number of carbonyl (C=O) groups is 2. The smallest absolute Gasteiger partial charge is 0.261 e. The van der Waals surface area contributed by atoms with Crippen molar-refractivity contribution in [1.29, 1.82) is 0 Å². The molecule has 1 N–H and O–H groups in total. The zero-order chi connectivity index (χ0) is 23.6. The van der Waals surface area contributed by atoms with E-state index < -0.39 is 6.04 Å². The van der Waals surface area contributed by atoms with E-state index in [1.807, 2.05) is 80.6 Å². The molecule has 0 heterocycles. The van der Waals surface area contributed by atoms with Crippen LogP contribution in [0.25, 0.3) is 0 Å². The number of amides is 2. The van der Waals surface area contributed by atoms with Crippen LogP contribution in [0.15, 0.2) is 84.9 Å². The number of hydrogen-bond donors (Lipinski definition) is 1. The Hall–Kier alpha value is -3.31. The second-order valence-corrected chi connectivity index (χ2v) is 8.49. The van der Waals surface area contributed by atoms with Gasteiger partial charge in [-0.1, -0.05) is 78.3 Å². The highest BCUT2D eigenvalue weighted by molar-refractivity contribution is 6.31. The number of carbonyl (C=O) groups excluding carboxylic acids is 2. The van der Waals surface area contributed by atoms with E-state index in [-0.39, 0.29) is 31.0 Å². The van der Waals surface area contributed by atoms with Crippen molar-refractivity contribution in [3.05, 3.63) is 101 Å². The molecule has 3 rings (SSSR count). The maximum atomic E-state index is 13.4. The maximum Gasteiger partial charge on any atom is 0.261 e. The molecule has 3 aromatic carbocycles. The normalized spacial score (nSPS) is 11.6. The molecule has 5 nitrogen and oxygen atoms in total. The molecule has 0 unspecified atom stereocenters. The molecule has 1 atom stereocenters. The Morgan fingerprint density at radius 2 is 1.52 bits per heavy atom. The summed E-state index contributed by atoms with van der Waals surface area (Å²) in [5, 5.41) is 3.51. The summed E-state index contributed by atoms with van der Waals surface area (Å²) >= 11 is 6.40. The first-order valence-electron chi connectivity index (χ1n) is 11.0. The number of halogens is 1. The van der Waals surface area contributed by atoms with Gasteiger partial charge in [-0.3, -0.25) is 9.59 Å². The molecule has 0 aliphatic heterocycles.